The van der Waals surface area contributed by atoms with Gasteiger partial charge in [-0.05, 0) is 19.5 Å². The highest BCUT2D eigenvalue weighted by Crippen LogP contribution is 2.25. The van der Waals surface area contributed by atoms with Gasteiger partial charge in [0.25, 0.3) is 5.91 Å². The fourth-order valence-electron chi connectivity index (χ4n) is 3.72. The van der Waals surface area contributed by atoms with Gasteiger partial charge >= 0.3 is 0 Å². The Labute approximate surface area is 157 Å². The number of amides is 1. The van der Waals surface area contributed by atoms with Crippen LogP contribution in [0, 0.1) is 5.95 Å². The molecule has 0 atom stereocenters. The zero-order valence-corrected chi connectivity index (χ0v) is 15.4. The summed E-state index contributed by atoms with van der Waals surface area (Å²) in [5.74, 6) is 0.192. The van der Waals surface area contributed by atoms with Gasteiger partial charge in [0.1, 0.15) is 12.1 Å². The van der Waals surface area contributed by atoms with Crippen molar-refractivity contribution in [2.45, 2.75) is 12.8 Å². The van der Waals surface area contributed by atoms with E-state index in [1.54, 1.807) is 17.3 Å². The first kappa shape index (κ1) is 17.8. The van der Waals surface area contributed by atoms with Crippen LogP contribution in [0.15, 0.2) is 24.7 Å². The number of nitrogens with zero attached hydrogens (tertiary/aromatic N) is 6. The van der Waals surface area contributed by atoms with Gasteiger partial charge in [-0.25, -0.2) is 15.0 Å². The maximum absolute atomic E-state index is 13.4. The lowest BCUT2D eigenvalue weighted by molar-refractivity contribution is 0.0762. The lowest BCUT2D eigenvalue weighted by atomic mass is 10.1. The summed E-state index contributed by atoms with van der Waals surface area (Å²) in [5.41, 5.74) is 2.48. The van der Waals surface area contributed by atoms with Crippen molar-refractivity contribution in [1.29, 1.82) is 0 Å². The van der Waals surface area contributed by atoms with Crippen LogP contribution in [0.5, 0.6) is 0 Å². The minimum Gasteiger partial charge on any atom is -0.354 e. The second-order valence-electron chi connectivity index (χ2n) is 7.07. The molecule has 0 unspecified atom stereocenters. The smallest absolute Gasteiger partial charge is 0.254 e. The number of anilines is 1. The Morgan fingerprint density at radius 1 is 1.04 bits per heavy atom. The van der Waals surface area contributed by atoms with Crippen molar-refractivity contribution in [3.8, 4) is 0 Å². The molecule has 2 aromatic rings. The van der Waals surface area contributed by atoms with Gasteiger partial charge in [0, 0.05) is 69.1 Å². The van der Waals surface area contributed by atoms with Gasteiger partial charge in [-0.2, -0.15) is 4.39 Å². The van der Waals surface area contributed by atoms with Crippen molar-refractivity contribution in [1.82, 2.24) is 24.8 Å². The number of hydrogen-bond donors (Lipinski definition) is 0. The Balaban J connectivity index is 1.53. The number of pyridine rings is 1. The summed E-state index contributed by atoms with van der Waals surface area (Å²) in [6.07, 6.45) is 4.34. The SMILES string of the molecule is CN1CCN(c2ncnc3c2CCN(C(=O)c2ccnc(F)c2)CC3)CC1. The predicted molar refractivity (Wildman–Crippen MR) is 99.2 cm³/mol. The number of rotatable bonds is 2. The van der Waals surface area contributed by atoms with Crippen molar-refractivity contribution in [2.24, 2.45) is 0 Å². The second-order valence-corrected chi connectivity index (χ2v) is 7.07. The lowest BCUT2D eigenvalue weighted by Gasteiger charge is -2.34. The van der Waals surface area contributed by atoms with Crippen molar-refractivity contribution in [3.05, 3.63) is 47.4 Å². The van der Waals surface area contributed by atoms with Gasteiger partial charge in [0.05, 0.1) is 5.69 Å². The number of halogens is 1. The van der Waals surface area contributed by atoms with Gasteiger partial charge in [-0.3, -0.25) is 4.79 Å². The summed E-state index contributed by atoms with van der Waals surface area (Å²) >= 11 is 0. The third-order valence-electron chi connectivity index (χ3n) is 5.33. The van der Waals surface area contributed by atoms with E-state index >= 15 is 0 Å². The fraction of sp³-hybridized carbons (Fsp3) is 0.474. The Hall–Kier alpha value is -2.61. The molecule has 4 heterocycles. The minimum atomic E-state index is -0.637. The zero-order chi connectivity index (χ0) is 18.8. The van der Waals surface area contributed by atoms with Gasteiger partial charge < -0.3 is 14.7 Å². The first-order chi connectivity index (χ1) is 13.1. The molecule has 0 saturated carbocycles. The highest BCUT2D eigenvalue weighted by molar-refractivity contribution is 5.94. The summed E-state index contributed by atoms with van der Waals surface area (Å²) in [4.78, 5) is 31.7. The molecule has 0 N–H and O–H groups in total. The zero-order valence-electron chi connectivity index (χ0n) is 15.4. The maximum Gasteiger partial charge on any atom is 0.254 e. The summed E-state index contributed by atoms with van der Waals surface area (Å²) in [5, 5.41) is 0. The molecule has 2 aliphatic heterocycles. The quantitative estimate of drug-likeness (QED) is 0.735. The van der Waals surface area contributed by atoms with E-state index in [2.05, 4.69) is 31.8 Å². The second kappa shape index (κ2) is 7.56. The minimum absolute atomic E-state index is 0.168. The van der Waals surface area contributed by atoms with E-state index in [0.717, 1.165) is 43.3 Å². The predicted octanol–water partition coefficient (Wildman–Crippen LogP) is 1.00. The van der Waals surface area contributed by atoms with E-state index in [-0.39, 0.29) is 5.91 Å². The standard InChI is InChI=1S/C19H23FN6O/c1-24-8-10-25(11-9-24)18-15-3-6-26(7-4-16(15)22-13-23-18)19(27)14-2-5-21-17(20)12-14/h2,5,12-13H,3-4,6-11H2,1H3. The highest BCUT2D eigenvalue weighted by Gasteiger charge is 2.25. The molecule has 1 amide bonds. The lowest BCUT2D eigenvalue weighted by Crippen LogP contribution is -2.45. The molecular formula is C19H23FN6O. The van der Waals surface area contributed by atoms with Crippen LogP contribution in [0.2, 0.25) is 0 Å². The third kappa shape index (κ3) is 3.75. The number of likely N-dealkylation sites (N-methyl/N-ethyl adjacent to an activating group) is 1. The van der Waals surface area contributed by atoms with Crippen molar-refractivity contribution in [3.63, 3.8) is 0 Å². The molecule has 1 fully saturated rings. The Morgan fingerprint density at radius 3 is 2.59 bits per heavy atom. The first-order valence-corrected chi connectivity index (χ1v) is 9.29. The molecule has 0 aliphatic carbocycles. The molecular weight excluding hydrogens is 347 g/mol. The van der Waals surface area contributed by atoms with E-state index in [1.807, 2.05) is 0 Å². The van der Waals surface area contributed by atoms with Crippen LogP contribution in [-0.2, 0) is 12.8 Å². The van der Waals surface area contributed by atoms with Crippen LogP contribution in [0.1, 0.15) is 21.6 Å². The molecule has 0 bridgehead atoms. The molecule has 4 rings (SSSR count). The maximum atomic E-state index is 13.4. The summed E-state index contributed by atoms with van der Waals surface area (Å²) < 4.78 is 13.4. The number of aromatic nitrogens is 3. The van der Waals surface area contributed by atoms with Crippen LogP contribution < -0.4 is 4.90 Å². The molecule has 8 heteroatoms. The average molecular weight is 370 g/mol. The number of carbonyl (C=O) groups is 1. The van der Waals surface area contributed by atoms with E-state index in [0.29, 0.717) is 31.5 Å². The monoisotopic (exact) mass is 370 g/mol. The van der Waals surface area contributed by atoms with Gasteiger partial charge in [0.15, 0.2) is 0 Å². The van der Waals surface area contributed by atoms with Crippen LogP contribution in [0.3, 0.4) is 0 Å². The van der Waals surface area contributed by atoms with Crippen molar-refractivity contribution in [2.75, 3.05) is 51.2 Å². The van der Waals surface area contributed by atoms with E-state index in [1.165, 1.54) is 12.3 Å². The number of hydrogen-bond acceptors (Lipinski definition) is 6. The van der Waals surface area contributed by atoms with Gasteiger partial charge in [0.2, 0.25) is 5.95 Å². The average Bonchev–Trinajstić information content (AvgIpc) is 2.91. The van der Waals surface area contributed by atoms with Gasteiger partial charge in [-0.15, -0.1) is 0 Å². The summed E-state index contributed by atoms with van der Waals surface area (Å²) in [7, 11) is 2.13. The van der Waals surface area contributed by atoms with E-state index < -0.39 is 5.95 Å². The highest BCUT2D eigenvalue weighted by atomic mass is 19.1. The molecule has 2 aliphatic rings. The third-order valence-corrected chi connectivity index (χ3v) is 5.33. The molecule has 7 nitrogen and oxygen atoms in total. The molecule has 0 spiro atoms. The number of fused-ring (bicyclic) bond motifs is 1. The normalized spacial score (nSPS) is 18.1. The number of carbonyl (C=O) groups excluding carboxylic acids is 1. The Kier molecular flexibility index (Phi) is 4.98. The fourth-order valence-corrected chi connectivity index (χ4v) is 3.72. The van der Waals surface area contributed by atoms with Crippen LogP contribution in [-0.4, -0.2) is 77.0 Å². The van der Waals surface area contributed by atoms with Crippen LogP contribution in [0.4, 0.5) is 10.2 Å². The van der Waals surface area contributed by atoms with Crippen molar-refractivity contribution < 1.29 is 9.18 Å². The number of piperazine rings is 1. The Morgan fingerprint density at radius 2 is 1.81 bits per heavy atom. The molecule has 27 heavy (non-hydrogen) atoms. The van der Waals surface area contributed by atoms with E-state index in [9.17, 15) is 9.18 Å². The molecule has 1 saturated heterocycles. The molecule has 0 radical (unpaired) electrons. The molecule has 142 valence electrons. The first-order valence-electron chi connectivity index (χ1n) is 9.29. The topological polar surface area (TPSA) is 65.5 Å². The van der Waals surface area contributed by atoms with Crippen molar-refractivity contribution >= 4 is 11.7 Å². The largest absolute Gasteiger partial charge is 0.354 e. The summed E-state index contributed by atoms with van der Waals surface area (Å²) in [6, 6.07) is 2.74. The van der Waals surface area contributed by atoms with Crippen LogP contribution in [0.25, 0.3) is 0 Å². The van der Waals surface area contributed by atoms with Gasteiger partial charge in [-0.1, -0.05) is 0 Å². The molecule has 2 aromatic heterocycles. The molecule has 0 aromatic carbocycles. The summed E-state index contributed by atoms with van der Waals surface area (Å²) in [6.45, 7) is 5.05. The van der Waals surface area contributed by atoms with Crippen LogP contribution >= 0.6 is 0 Å². The van der Waals surface area contributed by atoms with E-state index in [4.69, 9.17) is 0 Å². The Bertz CT molecular complexity index is 837.